The zero-order valence-corrected chi connectivity index (χ0v) is 17.5. The third-order valence-electron chi connectivity index (χ3n) is 4.52. The van der Waals surface area contributed by atoms with Crippen LogP contribution in [0.1, 0.15) is 40.5 Å². The fourth-order valence-electron chi connectivity index (χ4n) is 3.17. The predicted molar refractivity (Wildman–Crippen MR) is 111 cm³/mol. The number of fused-ring (bicyclic) bond motifs is 1. The highest BCUT2D eigenvalue weighted by molar-refractivity contribution is 7.97. The molecule has 1 amide bonds. The Balaban J connectivity index is 1.68. The Morgan fingerprint density at radius 2 is 1.96 bits per heavy atom. The van der Waals surface area contributed by atoms with Gasteiger partial charge in [-0.25, -0.2) is 9.10 Å². The summed E-state index contributed by atoms with van der Waals surface area (Å²) in [6, 6.07) is 8.76. The third-order valence-corrected chi connectivity index (χ3v) is 5.76. The van der Waals surface area contributed by atoms with Gasteiger partial charge in [0, 0.05) is 48.4 Å². The summed E-state index contributed by atoms with van der Waals surface area (Å²) in [5.74, 6) is 0. The number of amides is 1. The second-order valence-electron chi connectivity index (χ2n) is 8.10. The van der Waals surface area contributed by atoms with Crippen molar-refractivity contribution in [2.24, 2.45) is 0 Å². The van der Waals surface area contributed by atoms with Gasteiger partial charge in [0.15, 0.2) is 0 Å². The Kier molecular flexibility index (Phi) is 6.27. The number of ether oxygens (including phenoxy) is 1. The molecule has 1 aliphatic heterocycles. The van der Waals surface area contributed by atoms with E-state index in [1.165, 1.54) is 10.3 Å². The lowest BCUT2D eigenvalue weighted by atomic mass is 10.2. The van der Waals surface area contributed by atoms with Crippen molar-refractivity contribution in [3.05, 3.63) is 36.7 Å². The zero-order valence-electron chi connectivity index (χ0n) is 16.6. The molecule has 0 radical (unpaired) electrons. The monoisotopic (exact) mass is 387 g/mol. The highest BCUT2D eigenvalue weighted by Gasteiger charge is 2.27. The molecular weight excluding hydrogens is 358 g/mol. The van der Waals surface area contributed by atoms with Crippen LogP contribution in [0.2, 0.25) is 0 Å². The molecule has 1 fully saturated rings. The molecule has 0 N–H and O–H groups in total. The Morgan fingerprint density at radius 3 is 2.74 bits per heavy atom. The molecule has 1 saturated heterocycles. The fraction of sp³-hybridized carbons (Fsp3) is 0.524. The van der Waals surface area contributed by atoms with Crippen LogP contribution >= 0.6 is 11.9 Å². The van der Waals surface area contributed by atoms with Gasteiger partial charge < -0.3 is 9.64 Å². The van der Waals surface area contributed by atoms with Crippen LogP contribution in [0.4, 0.5) is 4.79 Å². The fourth-order valence-corrected chi connectivity index (χ4v) is 4.22. The molecule has 0 aliphatic carbocycles. The lowest BCUT2D eigenvalue weighted by molar-refractivity contribution is 0.0201. The van der Waals surface area contributed by atoms with E-state index in [-0.39, 0.29) is 12.1 Å². The van der Waals surface area contributed by atoms with Crippen LogP contribution in [0.5, 0.6) is 0 Å². The van der Waals surface area contributed by atoms with Crippen molar-refractivity contribution in [3.63, 3.8) is 0 Å². The maximum Gasteiger partial charge on any atom is 0.410 e. The Labute approximate surface area is 166 Å². The second kappa shape index (κ2) is 8.48. The summed E-state index contributed by atoms with van der Waals surface area (Å²) in [5.41, 5.74) is -0.461. The number of hydrogen-bond donors (Lipinski definition) is 0. The van der Waals surface area contributed by atoms with Crippen molar-refractivity contribution in [3.8, 4) is 0 Å². The molecule has 1 aromatic carbocycles. The Hall–Kier alpha value is -1.79. The van der Waals surface area contributed by atoms with Crippen LogP contribution in [-0.4, -0.2) is 51.6 Å². The smallest absolute Gasteiger partial charge is 0.410 e. The molecule has 1 aromatic heterocycles. The quantitative estimate of drug-likeness (QED) is 0.681. The Bertz CT molecular complexity index is 790. The van der Waals surface area contributed by atoms with Crippen LogP contribution in [0.15, 0.2) is 41.6 Å². The van der Waals surface area contributed by atoms with Crippen LogP contribution < -0.4 is 0 Å². The summed E-state index contributed by atoms with van der Waals surface area (Å²) in [4.78, 5) is 19.8. The molecule has 146 valence electrons. The summed E-state index contributed by atoms with van der Waals surface area (Å²) in [7, 11) is 0. The SMILES string of the molecule is C[C@H]1CN(C(=O)OC(C)(C)C)CCCCN1Sc1ccc2cnccc2c1. The van der Waals surface area contributed by atoms with E-state index in [4.69, 9.17) is 4.74 Å². The van der Waals surface area contributed by atoms with E-state index < -0.39 is 5.60 Å². The average Bonchev–Trinajstić information content (AvgIpc) is 2.59. The minimum absolute atomic E-state index is 0.209. The van der Waals surface area contributed by atoms with Gasteiger partial charge in [-0.05, 0) is 76.1 Å². The molecule has 2 aromatic rings. The molecular formula is C21H29N3O2S. The van der Waals surface area contributed by atoms with Gasteiger partial charge in [0.2, 0.25) is 0 Å². The second-order valence-corrected chi connectivity index (χ2v) is 9.22. The first-order valence-electron chi connectivity index (χ1n) is 9.58. The lowest BCUT2D eigenvalue weighted by Crippen LogP contribution is -2.46. The van der Waals surface area contributed by atoms with Crippen molar-refractivity contribution in [2.45, 2.75) is 57.1 Å². The first kappa shape index (κ1) is 20.0. The van der Waals surface area contributed by atoms with Crippen molar-refractivity contribution in [2.75, 3.05) is 19.6 Å². The zero-order chi connectivity index (χ0) is 19.4. The summed E-state index contributed by atoms with van der Waals surface area (Å²) < 4.78 is 7.97. The van der Waals surface area contributed by atoms with Crippen molar-refractivity contribution in [1.82, 2.24) is 14.2 Å². The highest BCUT2D eigenvalue weighted by atomic mass is 32.2. The van der Waals surface area contributed by atoms with E-state index in [1.54, 1.807) is 11.9 Å². The number of carbonyl (C=O) groups excluding carboxylic acids is 1. The van der Waals surface area contributed by atoms with Crippen molar-refractivity contribution < 1.29 is 9.53 Å². The maximum absolute atomic E-state index is 12.5. The van der Waals surface area contributed by atoms with Crippen LogP contribution in [0.3, 0.4) is 0 Å². The molecule has 5 nitrogen and oxygen atoms in total. The Morgan fingerprint density at radius 1 is 1.19 bits per heavy atom. The molecule has 0 spiro atoms. The molecule has 6 heteroatoms. The molecule has 3 rings (SSSR count). The van der Waals surface area contributed by atoms with E-state index >= 15 is 0 Å². The lowest BCUT2D eigenvalue weighted by Gasteiger charge is -2.36. The van der Waals surface area contributed by atoms with Gasteiger partial charge in [0.1, 0.15) is 5.60 Å². The summed E-state index contributed by atoms with van der Waals surface area (Å²) >= 11 is 1.77. The van der Waals surface area contributed by atoms with E-state index in [0.29, 0.717) is 6.54 Å². The molecule has 2 heterocycles. The summed E-state index contributed by atoms with van der Waals surface area (Å²) in [5, 5.41) is 2.35. The summed E-state index contributed by atoms with van der Waals surface area (Å²) in [6.07, 6.45) is 5.56. The van der Waals surface area contributed by atoms with Crippen molar-refractivity contribution >= 4 is 28.8 Å². The highest BCUT2D eigenvalue weighted by Crippen LogP contribution is 2.29. The van der Waals surface area contributed by atoms with Crippen molar-refractivity contribution in [1.29, 1.82) is 0 Å². The van der Waals surface area contributed by atoms with E-state index in [0.717, 1.165) is 31.3 Å². The van der Waals surface area contributed by atoms with Gasteiger partial charge in [-0.1, -0.05) is 6.07 Å². The predicted octanol–water partition coefficient (Wildman–Crippen LogP) is 4.96. The third kappa shape index (κ3) is 5.59. The number of carbonyl (C=O) groups is 1. The normalized spacial score (nSPS) is 19.6. The van der Waals surface area contributed by atoms with E-state index in [9.17, 15) is 4.79 Å². The van der Waals surface area contributed by atoms with Crippen LogP contribution in [-0.2, 0) is 4.74 Å². The van der Waals surface area contributed by atoms with Crippen LogP contribution in [0, 0.1) is 0 Å². The first-order valence-corrected chi connectivity index (χ1v) is 10.4. The number of benzene rings is 1. The topological polar surface area (TPSA) is 45.7 Å². The molecule has 27 heavy (non-hydrogen) atoms. The van der Waals surface area contributed by atoms with Gasteiger partial charge >= 0.3 is 6.09 Å². The van der Waals surface area contributed by atoms with Gasteiger partial charge in [-0.2, -0.15) is 0 Å². The minimum atomic E-state index is -0.461. The van der Waals surface area contributed by atoms with Gasteiger partial charge in [-0.15, -0.1) is 0 Å². The van der Waals surface area contributed by atoms with E-state index in [2.05, 4.69) is 34.4 Å². The van der Waals surface area contributed by atoms with Gasteiger partial charge in [0.25, 0.3) is 0 Å². The van der Waals surface area contributed by atoms with Gasteiger partial charge in [-0.3, -0.25) is 4.98 Å². The maximum atomic E-state index is 12.5. The van der Waals surface area contributed by atoms with Crippen LogP contribution in [0.25, 0.3) is 10.8 Å². The van der Waals surface area contributed by atoms with E-state index in [1.807, 2.05) is 44.1 Å². The molecule has 1 atom stereocenters. The average molecular weight is 388 g/mol. The number of pyridine rings is 1. The number of aromatic nitrogens is 1. The molecule has 0 bridgehead atoms. The van der Waals surface area contributed by atoms with Gasteiger partial charge in [0.05, 0.1) is 0 Å². The minimum Gasteiger partial charge on any atom is -0.444 e. The standard InChI is InChI=1S/C21H29N3O2S/c1-16-15-23(20(25)26-21(2,3)4)11-5-6-12-24(16)27-19-8-7-18-14-22-10-9-17(18)13-19/h7-10,13-14,16H,5-6,11-12,15H2,1-4H3/t16-/m0/s1. The summed E-state index contributed by atoms with van der Waals surface area (Å²) in [6.45, 7) is 10.4. The molecule has 0 unspecified atom stereocenters. The number of rotatable bonds is 2. The number of nitrogens with zero attached hydrogens (tertiary/aromatic N) is 3. The first-order chi connectivity index (χ1) is 12.8. The largest absolute Gasteiger partial charge is 0.444 e. The molecule has 1 aliphatic rings. The molecule has 0 saturated carbocycles. The number of hydrogen-bond acceptors (Lipinski definition) is 5.